The van der Waals surface area contributed by atoms with Gasteiger partial charge in [0.15, 0.2) is 5.82 Å². The van der Waals surface area contributed by atoms with Crippen molar-refractivity contribution < 1.29 is 13.9 Å². The van der Waals surface area contributed by atoms with E-state index in [2.05, 4.69) is 20.4 Å². The van der Waals surface area contributed by atoms with Crippen LogP contribution in [0.1, 0.15) is 25.7 Å². The van der Waals surface area contributed by atoms with Gasteiger partial charge in [-0.05, 0) is 44.7 Å². The lowest BCUT2D eigenvalue weighted by Crippen LogP contribution is -2.46. The maximum atomic E-state index is 14.4. The largest absolute Gasteiger partial charge is 0.493 e. The Balaban J connectivity index is 1.31. The first-order valence-electron chi connectivity index (χ1n) is 9.54. The van der Waals surface area contributed by atoms with Gasteiger partial charge >= 0.3 is 0 Å². The van der Waals surface area contributed by atoms with Crippen molar-refractivity contribution >= 4 is 16.7 Å². The molecule has 142 valence electrons. The second kappa shape index (κ2) is 7.80. The van der Waals surface area contributed by atoms with Crippen LogP contribution in [0.4, 0.5) is 10.2 Å². The average Bonchev–Trinajstić information content (AvgIpc) is 3.11. The van der Waals surface area contributed by atoms with Crippen molar-refractivity contribution in [2.75, 3.05) is 45.3 Å². The van der Waals surface area contributed by atoms with Crippen LogP contribution in [-0.4, -0.2) is 61.1 Å². The first kappa shape index (κ1) is 17.5. The van der Waals surface area contributed by atoms with Crippen LogP contribution in [0.15, 0.2) is 12.1 Å². The van der Waals surface area contributed by atoms with Gasteiger partial charge in [-0.1, -0.05) is 0 Å². The molecule has 0 amide bonds. The van der Waals surface area contributed by atoms with Crippen molar-refractivity contribution in [3.05, 3.63) is 17.9 Å². The quantitative estimate of drug-likeness (QED) is 0.856. The number of halogens is 1. The second-order valence-electron chi connectivity index (χ2n) is 7.31. The maximum Gasteiger partial charge on any atom is 0.158 e. The third-order valence-corrected chi connectivity index (χ3v) is 5.61. The Morgan fingerprint density at radius 3 is 2.92 bits per heavy atom. The van der Waals surface area contributed by atoms with E-state index in [1.807, 2.05) is 6.07 Å². The Hall–Kier alpha value is -1.86. The van der Waals surface area contributed by atoms with Crippen LogP contribution in [0.3, 0.4) is 0 Å². The first-order chi connectivity index (χ1) is 12.7. The highest BCUT2D eigenvalue weighted by Gasteiger charge is 2.27. The van der Waals surface area contributed by atoms with Crippen LogP contribution >= 0.6 is 0 Å². The number of aromatic amines is 1. The van der Waals surface area contributed by atoms with Gasteiger partial charge in [-0.2, -0.15) is 5.10 Å². The van der Waals surface area contributed by atoms with Gasteiger partial charge in [0.2, 0.25) is 0 Å². The molecule has 0 saturated carbocycles. The van der Waals surface area contributed by atoms with E-state index >= 15 is 0 Å². The fourth-order valence-electron chi connectivity index (χ4n) is 4.06. The van der Waals surface area contributed by atoms with Crippen molar-refractivity contribution in [2.45, 2.75) is 31.7 Å². The molecule has 4 rings (SSSR count). The van der Waals surface area contributed by atoms with E-state index in [0.29, 0.717) is 41.0 Å². The topological polar surface area (TPSA) is 62.4 Å². The van der Waals surface area contributed by atoms with E-state index in [-0.39, 0.29) is 5.82 Å². The third-order valence-electron chi connectivity index (χ3n) is 5.61. The molecule has 2 saturated heterocycles. The van der Waals surface area contributed by atoms with E-state index in [1.165, 1.54) is 18.9 Å². The number of hydrogen-bond donors (Lipinski definition) is 2. The number of aromatic nitrogens is 2. The monoisotopic (exact) mass is 362 g/mol. The summed E-state index contributed by atoms with van der Waals surface area (Å²) in [5.74, 6) is 1.28. The molecule has 3 heterocycles. The Morgan fingerprint density at radius 1 is 1.35 bits per heavy atom. The lowest BCUT2D eigenvalue weighted by atomic mass is 9.95. The number of anilines is 1. The van der Waals surface area contributed by atoms with Crippen molar-refractivity contribution in [3.63, 3.8) is 0 Å². The van der Waals surface area contributed by atoms with Crippen LogP contribution in [0.2, 0.25) is 0 Å². The van der Waals surface area contributed by atoms with Crippen LogP contribution in [0, 0.1) is 11.7 Å². The van der Waals surface area contributed by atoms with Gasteiger partial charge in [-0.25, -0.2) is 4.39 Å². The number of benzene rings is 1. The number of nitrogens with one attached hydrogen (secondary N) is 2. The molecule has 0 bridgehead atoms. The van der Waals surface area contributed by atoms with Crippen LogP contribution < -0.4 is 10.1 Å². The maximum absolute atomic E-state index is 14.4. The summed E-state index contributed by atoms with van der Waals surface area (Å²) in [6.45, 7) is 4.61. The van der Waals surface area contributed by atoms with Gasteiger partial charge in [-0.15, -0.1) is 0 Å². The molecule has 1 atom stereocenters. The van der Waals surface area contributed by atoms with Gasteiger partial charge in [0.05, 0.1) is 24.1 Å². The third kappa shape index (κ3) is 3.64. The summed E-state index contributed by atoms with van der Waals surface area (Å²) in [6, 6.07) is 3.86. The summed E-state index contributed by atoms with van der Waals surface area (Å²) in [5, 5.41) is 10.3. The molecule has 1 aromatic heterocycles. The molecule has 2 aliphatic rings. The zero-order valence-electron chi connectivity index (χ0n) is 15.3. The zero-order valence-corrected chi connectivity index (χ0v) is 15.3. The number of hydrogen-bond acceptors (Lipinski definition) is 5. The van der Waals surface area contributed by atoms with E-state index < -0.39 is 0 Å². The molecule has 2 fully saturated rings. The summed E-state index contributed by atoms with van der Waals surface area (Å²) < 4.78 is 25.9. The summed E-state index contributed by atoms with van der Waals surface area (Å²) in [4.78, 5) is 2.56. The van der Waals surface area contributed by atoms with Gasteiger partial charge in [0.25, 0.3) is 0 Å². The number of piperidine rings is 1. The molecule has 26 heavy (non-hydrogen) atoms. The minimum Gasteiger partial charge on any atom is -0.493 e. The molecule has 1 unspecified atom stereocenters. The van der Waals surface area contributed by atoms with E-state index in [1.54, 1.807) is 7.05 Å². The van der Waals surface area contributed by atoms with Gasteiger partial charge in [0, 0.05) is 31.8 Å². The molecule has 1 aromatic carbocycles. The molecule has 7 heteroatoms. The number of fused-ring (bicyclic) bond motifs is 1. The van der Waals surface area contributed by atoms with Crippen molar-refractivity contribution in [1.82, 2.24) is 15.1 Å². The molecule has 6 nitrogen and oxygen atoms in total. The Morgan fingerprint density at radius 2 is 2.19 bits per heavy atom. The van der Waals surface area contributed by atoms with Gasteiger partial charge < -0.3 is 14.8 Å². The van der Waals surface area contributed by atoms with Crippen LogP contribution in [-0.2, 0) is 4.74 Å². The molecule has 2 N–H and O–H groups in total. The highest BCUT2D eigenvalue weighted by Crippen LogP contribution is 2.29. The van der Waals surface area contributed by atoms with E-state index in [4.69, 9.17) is 9.47 Å². The second-order valence-corrected chi connectivity index (χ2v) is 7.31. The average molecular weight is 362 g/mol. The summed E-state index contributed by atoms with van der Waals surface area (Å²) >= 11 is 0. The number of nitrogens with zero attached hydrogens (tertiary/aromatic N) is 2. The number of ether oxygens (including phenoxy) is 2. The fourth-order valence-corrected chi connectivity index (χ4v) is 4.06. The smallest absolute Gasteiger partial charge is 0.158 e. The molecular weight excluding hydrogens is 335 g/mol. The van der Waals surface area contributed by atoms with Crippen molar-refractivity contribution in [1.29, 1.82) is 0 Å². The summed E-state index contributed by atoms with van der Waals surface area (Å²) in [7, 11) is 1.73. The van der Waals surface area contributed by atoms with E-state index in [9.17, 15) is 4.39 Å². The van der Waals surface area contributed by atoms with Gasteiger partial charge in [-0.3, -0.25) is 10.00 Å². The van der Waals surface area contributed by atoms with Crippen LogP contribution in [0.5, 0.6) is 5.75 Å². The number of rotatable bonds is 5. The highest BCUT2D eigenvalue weighted by molar-refractivity contribution is 5.91. The van der Waals surface area contributed by atoms with Gasteiger partial charge in [0.1, 0.15) is 11.6 Å². The zero-order chi connectivity index (χ0) is 17.9. The molecule has 0 radical (unpaired) electrons. The lowest BCUT2D eigenvalue weighted by Gasteiger charge is -2.39. The normalized spacial score (nSPS) is 22.6. The number of H-pyrrole nitrogens is 1. The Bertz CT molecular complexity index is 736. The minimum absolute atomic E-state index is 0.317. The number of likely N-dealkylation sites (tertiary alicyclic amines) is 1. The Labute approximate surface area is 153 Å². The Kier molecular flexibility index (Phi) is 5.26. The van der Waals surface area contributed by atoms with Crippen molar-refractivity contribution in [3.8, 4) is 5.75 Å². The predicted octanol–water partition coefficient (Wildman–Crippen LogP) is 3.01. The molecule has 2 aliphatic heterocycles. The predicted molar refractivity (Wildman–Crippen MR) is 99.2 cm³/mol. The molecule has 2 aromatic rings. The van der Waals surface area contributed by atoms with Crippen LogP contribution in [0.25, 0.3) is 10.9 Å². The summed E-state index contributed by atoms with van der Waals surface area (Å²) in [5.41, 5.74) is 0.650. The first-order valence-corrected chi connectivity index (χ1v) is 9.54. The fraction of sp³-hybridized carbons (Fsp3) is 0.632. The van der Waals surface area contributed by atoms with E-state index in [0.717, 1.165) is 39.1 Å². The summed E-state index contributed by atoms with van der Waals surface area (Å²) in [6.07, 6.45) is 4.66. The highest BCUT2D eigenvalue weighted by atomic mass is 19.1. The molecule has 0 spiro atoms. The van der Waals surface area contributed by atoms with Crippen molar-refractivity contribution in [2.24, 2.45) is 5.92 Å². The standard InChI is InChI=1S/C19H27FN4O2/c1-21-19-18-16(20)9-15(10-17(18)22-23-19)26-11-13-4-6-24(7-5-13)14-3-2-8-25-12-14/h9-10,13-14H,2-8,11-12H2,1H3,(H2,21,22,23). The molecular formula is C19H27FN4O2. The minimum atomic E-state index is -0.317. The SMILES string of the molecule is CNc1n[nH]c2cc(OCC3CCN(C4CCCOC4)CC3)cc(F)c12. The molecule has 0 aliphatic carbocycles. The lowest BCUT2D eigenvalue weighted by molar-refractivity contribution is 0.00185.